The summed E-state index contributed by atoms with van der Waals surface area (Å²) in [5.41, 5.74) is 1.00. The Kier molecular flexibility index (Phi) is 3.12. The van der Waals surface area contributed by atoms with Gasteiger partial charge >= 0.3 is 12.1 Å². The standard InChI is InChI=1S/C11H7F3N6O/c12-11(13,14)10-18-9(19-21-10)7-1-2-8(16-3-7)4-20-6-15-5-17-20/h1-3,5-6H,4H2. The van der Waals surface area contributed by atoms with Crippen molar-refractivity contribution in [2.24, 2.45) is 0 Å². The molecule has 0 aliphatic rings. The van der Waals surface area contributed by atoms with E-state index in [0.29, 0.717) is 17.8 Å². The largest absolute Gasteiger partial charge is 0.471 e. The van der Waals surface area contributed by atoms with Crippen LogP contribution >= 0.6 is 0 Å². The first-order valence-corrected chi connectivity index (χ1v) is 5.71. The van der Waals surface area contributed by atoms with Crippen LogP contribution in [0.15, 0.2) is 35.5 Å². The SMILES string of the molecule is FC(F)(F)c1nc(-c2ccc(Cn3cncn3)nc2)no1. The fraction of sp³-hybridized carbons (Fsp3) is 0.182. The first-order valence-electron chi connectivity index (χ1n) is 5.71. The van der Waals surface area contributed by atoms with Gasteiger partial charge < -0.3 is 4.52 Å². The Balaban J connectivity index is 1.79. The highest BCUT2D eigenvalue weighted by Gasteiger charge is 2.38. The number of aromatic nitrogens is 6. The van der Waals surface area contributed by atoms with Gasteiger partial charge in [-0.1, -0.05) is 5.16 Å². The van der Waals surface area contributed by atoms with Crippen molar-refractivity contribution in [3.8, 4) is 11.4 Å². The van der Waals surface area contributed by atoms with Crippen LogP contribution in [0, 0.1) is 0 Å². The van der Waals surface area contributed by atoms with Crippen molar-refractivity contribution < 1.29 is 17.7 Å². The number of nitrogens with zero attached hydrogens (tertiary/aromatic N) is 6. The quantitative estimate of drug-likeness (QED) is 0.732. The van der Waals surface area contributed by atoms with E-state index in [1.165, 1.54) is 18.9 Å². The highest BCUT2D eigenvalue weighted by Crippen LogP contribution is 2.29. The van der Waals surface area contributed by atoms with E-state index in [-0.39, 0.29) is 5.82 Å². The molecule has 3 aromatic rings. The predicted molar refractivity (Wildman–Crippen MR) is 61.7 cm³/mol. The number of hydrogen-bond donors (Lipinski definition) is 0. The molecule has 10 heteroatoms. The molecular weight excluding hydrogens is 289 g/mol. The summed E-state index contributed by atoms with van der Waals surface area (Å²) in [5.74, 6) is -1.55. The lowest BCUT2D eigenvalue weighted by Gasteiger charge is -2.00. The van der Waals surface area contributed by atoms with E-state index in [4.69, 9.17) is 0 Å². The summed E-state index contributed by atoms with van der Waals surface area (Å²) < 4.78 is 42.8. The molecule has 21 heavy (non-hydrogen) atoms. The van der Waals surface area contributed by atoms with Crippen LogP contribution < -0.4 is 0 Å². The van der Waals surface area contributed by atoms with E-state index in [0.717, 1.165) is 0 Å². The van der Waals surface area contributed by atoms with Gasteiger partial charge in [0.15, 0.2) is 0 Å². The van der Waals surface area contributed by atoms with Gasteiger partial charge in [-0.05, 0) is 12.1 Å². The Morgan fingerprint density at radius 3 is 2.67 bits per heavy atom. The van der Waals surface area contributed by atoms with Crippen molar-refractivity contribution in [1.82, 2.24) is 29.9 Å². The number of hydrogen-bond acceptors (Lipinski definition) is 6. The molecule has 0 amide bonds. The average molecular weight is 296 g/mol. The molecule has 7 nitrogen and oxygen atoms in total. The maximum atomic E-state index is 12.4. The van der Waals surface area contributed by atoms with Gasteiger partial charge in [0.25, 0.3) is 0 Å². The molecule has 0 radical (unpaired) electrons. The van der Waals surface area contributed by atoms with Crippen molar-refractivity contribution in [1.29, 1.82) is 0 Å². The maximum Gasteiger partial charge on any atom is 0.471 e. The van der Waals surface area contributed by atoms with Crippen molar-refractivity contribution in [2.75, 3.05) is 0 Å². The third-order valence-electron chi connectivity index (χ3n) is 2.54. The van der Waals surface area contributed by atoms with Crippen LogP contribution in [0.1, 0.15) is 11.6 Å². The van der Waals surface area contributed by atoms with Crippen LogP contribution in [0.2, 0.25) is 0 Å². The van der Waals surface area contributed by atoms with Gasteiger partial charge in [-0.2, -0.15) is 23.3 Å². The lowest BCUT2D eigenvalue weighted by Crippen LogP contribution is -2.05. The molecule has 108 valence electrons. The number of halogens is 3. The molecule has 0 saturated carbocycles. The molecule has 0 saturated heterocycles. The van der Waals surface area contributed by atoms with E-state index in [1.807, 2.05) is 0 Å². The minimum absolute atomic E-state index is 0.165. The fourth-order valence-electron chi connectivity index (χ4n) is 1.59. The molecule has 0 spiro atoms. The lowest BCUT2D eigenvalue weighted by molar-refractivity contribution is -0.159. The number of pyridine rings is 1. The summed E-state index contributed by atoms with van der Waals surface area (Å²) in [7, 11) is 0. The van der Waals surface area contributed by atoms with Crippen molar-refractivity contribution in [3.05, 3.63) is 42.6 Å². The molecule has 0 bridgehead atoms. The Bertz CT molecular complexity index is 719. The first-order chi connectivity index (χ1) is 10.0. The third-order valence-corrected chi connectivity index (χ3v) is 2.54. The minimum Gasteiger partial charge on any atom is -0.329 e. The molecule has 3 heterocycles. The van der Waals surface area contributed by atoms with Crippen LogP contribution in [-0.4, -0.2) is 29.9 Å². The topological polar surface area (TPSA) is 82.5 Å². The van der Waals surface area contributed by atoms with Gasteiger partial charge in [0.05, 0.1) is 12.2 Å². The molecule has 0 atom stereocenters. The summed E-state index contributed by atoms with van der Waals surface area (Å²) in [5, 5.41) is 7.21. The zero-order chi connectivity index (χ0) is 14.9. The Hall–Kier alpha value is -2.78. The van der Waals surface area contributed by atoms with Gasteiger partial charge in [0.1, 0.15) is 12.7 Å². The van der Waals surface area contributed by atoms with Gasteiger partial charge in [-0.25, -0.2) is 9.67 Å². The molecule has 0 N–H and O–H groups in total. The molecule has 3 rings (SSSR count). The Morgan fingerprint density at radius 1 is 1.24 bits per heavy atom. The molecule has 0 aliphatic carbocycles. The minimum atomic E-state index is -4.66. The van der Waals surface area contributed by atoms with Crippen molar-refractivity contribution in [2.45, 2.75) is 12.7 Å². The van der Waals surface area contributed by atoms with Crippen LogP contribution in [0.5, 0.6) is 0 Å². The normalized spacial score (nSPS) is 11.8. The molecule has 0 fully saturated rings. The first kappa shape index (κ1) is 13.2. The highest BCUT2D eigenvalue weighted by atomic mass is 19.4. The Labute approximate surface area is 115 Å². The molecule has 0 unspecified atom stereocenters. The predicted octanol–water partition coefficient (Wildman–Crippen LogP) is 1.79. The summed E-state index contributed by atoms with van der Waals surface area (Å²) >= 11 is 0. The van der Waals surface area contributed by atoms with Crippen LogP contribution in [-0.2, 0) is 12.7 Å². The van der Waals surface area contributed by atoms with Crippen LogP contribution in [0.3, 0.4) is 0 Å². The highest BCUT2D eigenvalue weighted by molar-refractivity contribution is 5.52. The lowest BCUT2D eigenvalue weighted by atomic mass is 10.2. The van der Waals surface area contributed by atoms with Crippen molar-refractivity contribution >= 4 is 0 Å². The van der Waals surface area contributed by atoms with Crippen LogP contribution in [0.4, 0.5) is 13.2 Å². The summed E-state index contributed by atoms with van der Waals surface area (Å²) in [6.45, 7) is 0.403. The molecule has 0 aliphatic heterocycles. The summed E-state index contributed by atoms with van der Waals surface area (Å²) in [6.07, 6.45) is -0.361. The zero-order valence-electron chi connectivity index (χ0n) is 10.3. The van der Waals surface area contributed by atoms with Gasteiger partial charge in [-0.15, -0.1) is 0 Å². The van der Waals surface area contributed by atoms with Crippen LogP contribution in [0.25, 0.3) is 11.4 Å². The molecule has 0 aromatic carbocycles. The summed E-state index contributed by atoms with van der Waals surface area (Å²) in [4.78, 5) is 11.2. The smallest absolute Gasteiger partial charge is 0.329 e. The zero-order valence-corrected chi connectivity index (χ0v) is 10.3. The van der Waals surface area contributed by atoms with E-state index in [2.05, 4.69) is 29.7 Å². The average Bonchev–Trinajstić information content (AvgIpc) is 3.09. The molecular formula is C11H7F3N6O. The second-order valence-corrected chi connectivity index (χ2v) is 4.05. The third kappa shape index (κ3) is 2.88. The Morgan fingerprint density at radius 2 is 2.10 bits per heavy atom. The second kappa shape index (κ2) is 4.96. The van der Waals surface area contributed by atoms with E-state index in [1.54, 1.807) is 16.8 Å². The van der Waals surface area contributed by atoms with E-state index >= 15 is 0 Å². The number of rotatable bonds is 3. The maximum absolute atomic E-state index is 12.4. The van der Waals surface area contributed by atoms with Gasteiger partial charge in [0, 0.05) is 11.8 Å². The van der Waals surface area contributed by atoms with Gasteiger partial charge in [0.2, 0.25) is 5.82 Å². The van der Waals surface area contributed by atoms with E-state index < -0.39 is 12.1 Å². The van der Waals surface area contributed by atoms with E-state index in [9.17, 15) is 13.2 Å². The van der Waals surface area contributed by atoms with Crippen molar-refractivity contribution in [3.63, 3.8) is 0 Å². The fourth-order valence-corrected chi connectivity index (χ4v) is 1.59. The second-order valence-electron chi connectivity index (χ2n) is 4.05. The monoisotopic (exact) mass is 296 g/mol. The molecule has 3 aromatic heterocycles. The number of alkyl halides is 3. The summed E-state index contributed by atoms with van der Waals surface area (Å²) in [6, 6.07) is 3.20. The van der Waals surface area contributed by atoms with Gasteiger partial charge in [-0.3, -0.25) is 4.98 Å².